The van der Waals surface area contributed by atoms with Crippen molar-refractivity contribution in [2.75, 3.05) is 6.73 Å². The molecule has 1 aliphatic carbocycles. The van der Waals surface area contributed by atoms with Gasteiger partial charge in [0.25, 0.3) is 0 Å². The summed E-state index contributed by atoms with van der Waals surface area (Å²) < 4.78 is 5.32. The van der Waals surface area contributed by atoms with Crippen molar-refractivity contribution in [3.63, 3.8) is 0 Å². The van der Waals surface area contributed by atoms with Crippen LogP contribution < -0.4 is 5.32 Å². The molecule has 1 unspecified atom stereocenters. The largest absolute Gasteiger partial charge is 0.471 e. The zero-order valence-corrected chi connectivity index (χ0v) is 7.34. The minimum atomic E-state index is 0.142. The molecule has 1 atom stereocenters. The Balaban J connectivity index is 2.10. The molecule has 0 aromatic heterocycles. The van der Waals surface area contributed by atoms with E-state index in [-0.39, 0.29) is 5.38 Å². The van der Waals surface area contributed by atoms with Gasteiger partial charge in [0.2, 0.25) is 0 Å². The molecule has 0 spiro atoms. The second-order valence-electron chi connectivity index (χ2n) is 2.77. The molecule has 0 radical (unpaired) electrons. The van der Waals surface area contributed by atoms with Crippen LogP contribution in [0.2, 0.25) is 0 Å². The Kier molecular flexibility index (Phi) is 2.09. The Morgan fingerprint density at radius 2 is 2.50 bits per heavy atom. The molecule has 0 bridgehead atoms. The lowest BCUT2D eigenvalue weighted by Gasteiger charge is -2.10. The Hall–Kier alpha value is -0.890. The summed E-state index contributed by atoms with van der Waals surface area (Å²) in [5.41, 5.74) is 1.12. The topological polar surface area (TPSA) is 21.3 Å². The highest BCUT2D eigenvalue weighted by molar-refractivity contribution is 6.22. The van der Waals surface area contributed by atoms with Crippen molar-refractivity contribution >= 4 is 11.6 Å². The van der Waals surface area contributed by atoms with Gasteiger partial charge in [0, 0.05) is 11.8 Å². The summed E-state index contributed by atoms with van der Waals surface area (Å²) in [5, 5.41) is 3.13. The molecule has 2 rings (SSSR count). The van der Waals surface area contributed by atoms with Crippen LogP contribution >= 0.6 is 11.6 Å². The number of ether oxygens (including phenoxy) is 1. The molecule has 64 valence electrons. The first-order chi connectivity index (χ1) is 5.86. The number of rotatable bonds is 1. The van der Waals surface area contributed by atoms with E-state index in [0.717, 1.165) is 17.8 Å². The smallest absolute Gasteiger partial charge is 0.158 e. The van der Waals surface area contributed by atoms with Gasteiger partial charge in [-0.2, -0.15) is 0 Å². The van der Waals surface area contributed by atoms with E-state index >= 15 is 0 Å². The lowest BCUT2D eigenvalue weighted by Crippen LogP contribution is -2.00. The molecular formula is C9H10ClNO. The van der Waals surface area contributed by atoms with Crippen LogP contribution in [0, 0.1) is 0 Å². The molecule has 1 heterocycles. The third-order valence-electron chi connectivity index (χ3n) is 1.88. The molecule has 3 heteroatoms. The van der Waals surface area contributed by atoms with E-state index in [0.29, 0.717) is 6.73 Å². The molecule has 2 aliphatic rings. The number of hydrogen-bond donors (Lipinski definition) is 1. The third kappa shape index (κ3) is 1.48. The number of alkyl halides is 1. The number of hydrogen-bond acceptors (Lipinski definition) is 2. The van der Waals surface area contributed by atoms with Gasteiger partial charge in [0.05, 0.1) is 5.38 Å². The highest BCUT2D eigenvalue weighted by Crippen LogP contribution is 2.22. The molecule has 0 aromatic rings. The van der Waals surface area contributed by atoms with Crippen LogP contribution in [0.4, 0.5) is 0 Å². The second-order valence-corrected chi connectivity index (χ2v) is 3.33. The summed E-state index contributed by atoms with van der Waals surface area (Å²) in [6.07, 6.45) is 8.84. The monoisotopic (exact) mass is 183 g/mol. The second kappa shape index (κ2) is 3.23. The first-order valence-electron chi connectivity index (χ1n) is 3.95. The van der Waals surface area contributed by atoms with Crippen LogP contribution in [0.15, 0.2) is 35.8 Å². The third-order valence-corrected chi connectivity index (χ3v) is 2.20. The van der Waals surface area contributed by atoms with Crippen LogP contribution in [-0.2, 0) is 4.74 Å². The molecule has 0 saturated heterocycles. The fourth-order valence-corrected chi connectivity index (χ4v) is 1.40. The maximum absolute atomic E-state index is 5.88. The van der Waals surface area contributed by atoms with Crippen LogP contribution in [0.1, 0.15) is 6.42 Å². The van der Waals surface area contributed by atoms with E-state index in [1.807, 2.05) is 18.4 Å². The minimum absolute atomic E-state index is 0.142. The van der Waals surface area contributed by atoms with Gasteiger partial charge < -0.3 is 10.1 Å². The number of halogens is 1. The fourth-order valence-electron chi connectivity index (χ4n) is 1.24. The van der Waals surface area contributed by atoms with E-state index in [9.17, 15) is 0 Å². The van der Waals surface area contributed by atoms with Gasteiger partial charge in [0.15, 0.2) is 6.73 Å². The molecule has 0 saturated carbocycles. The molecule has 2 nitrogen and oxygen atoms in total. The zero-order valence-electron chi connectivity index (χ0n) is 6.59. The lowest BCUT2D eigenvalue weighted by molar-refractivity contribution is 0.241. The van der Waals surface area contributed by atoms with Gasteiger partial charge in [-0.3, -0.25) is 0 Å². The summed E-state index contributed by atoms with van der Waals surface area (Å²) in [5.74, 6) is 0.912. The summed E-state index contributed by atoms with van der Waals surface area (Å²) in [6.45, 7) is 0.574. The first-order valence-corrected chi connectivity index (χ1v) is 4.39. The van der Waals surface area contributed by atoms with Gasteiger partial charge in [-0.25, -0.2) is 0 Å². The van der Waals surface area contributed by atoms with Gasteiger partial charge in [-0.05, 0) is 6.42 Å². The van der Waals surface area contributed by atoms with Crippen LogP contribution in [0.5, 0.6) is 0 Å². The highest BCUT2D eigenvalue weighted by atomic mass is 35.5. The summed E-state index contributed by atoms with van der Waals surface area (Å²) in [7, 11) is 0. The molecule has 0 fully saturated rings. The lowest BCUT2D eigenvalue weighted by atomic mass is 10.1. The van der Waals surface area contributed by atoms with Gasteiger partial charge >= 0.3 is 0 Å². The Bertz CT molecular complexity index is 268. The molecule has 0 amide bonds. The normalized spacial score (nSPS) is 27.2. The first kappa shape index (κ1) is 7.74. The van der Waals surface area contributed by atoms with Crippen molar-refractivity contribution in [1.29, 1.82) is 0 Å². The Morgan fingerprint density at radius 3 is 3.08 bits per heavy atom. The molecule has 1 aliphatic heterocycles. The standard InChI is InChI=1S/C9H10ClNO/c10-8-3-1-7(2-4-8)9-5-11-6-12-9/h1-3,5,8,11H,4,6H2. The number of allylic oxidation sites excluding steroid dienone is 3. The molecule has 1 N–H and O–H groups in total. The van der Waals surface area contributed by atoms with Crippen molar-refractivity contribution in [3.05, 3.63) is 35.8 Å². The van der Waals surface area contributed by atoms with Gasteiger partial charge in [-0.1, -0.05) is 18.2 Å². The van der Waals surface area contributed by atoms with Crippen LogP contribution in [0.3, 0.4) is 0 Å². The zero-order chi connectivity index (χ0) is 8.39. The maximum atomic E-state index is 5.88. The van der Waals surface area contributed by atoms with E-state index < -0.39 is 0 Å². The molecule has 12 heavy (non-hydrogen) atoms. The van der Waals surface area contributed by atoms with Gasteiger partial charge in [0.1, 0.15) is 5.76 Å². The van der Waals surface area contributed by atoms with Crippen molar-refractivity contribution in [2.45, 2.75) is 11.8 Å². The predicted molar refractivity (Wildman–Crippen MR) is 48.7 cm³/mol. The molecular weight excluding hydrogens is 174 g/mol. The van der Waals surface area contributed by atoms with Crippen LogP contribution in [-0.4, -0.2) is 12.1 Å². The SMILES string of the molecule is ClC1C=CC(C2=CNCO2)=CC1. The molecule has 0 aromatic carbocycles. The summed E-state index contributed by atoms with van der Waals surface area (Å²) in [6, 6.07) is 0. The van der Waals surface area contributed by atoms with Crippen molar-refractivity contribution in [1.82, 2.24) is 5.32 Å². The average molecular weight is 184 g/mol. The Morgan fingerprint density at radius 1 is 1.58 bits per heavy atom. The van der Waals surface area contributed by atoms with E-state index in [2.05, 4.69) is 11.4 Å². The average Bonchev–Trinajstić information content (AvgIpc) is 2.58. The fraction of sp³-hybridized carbons (Fsp3) is 0.333. The van der Waals surface area contributed by atoms with E-state index in [1.54, 1.807) is 0 Å². The highest BCUT2D eigenvalue weighted by Gasteiger charge is 2.12. The van der Waals surface area contributed by atoms with Crippen molar-refractivity contribution in [3.8, 4) is 0 Å². The quantitative estimate of drug-likeness (QED) is 0.627. The minimum Gasteiger partial charge on any atom is -0.471 e. The Labute approximate surface area is 76.5 Å². The maximum Gasteiger partial charge on any atom is 0.158 e. The van der Waals surface area contributed by atoms with E-state index in [4.69, 9.17) is 16.3 Å². The van der Waals surface area contributed by atoms with Crippen LogP contribution in [0.25, 0.3) is 0 Å². The van der Waals surface area contributed by atoms with E-state index in [1.165, 1.54) is 0 Å². The van der Waals surface area contributed by atoms with Gasteiger partial charge in [-0.15, -0.1) is 11.6 Å². The van der Waals surface area contributed by atoms with Crippen molar-refractivity contribution < 1.29 is 4.74 Å². The number of nitrogens with one attached hydrogen (secondary N) is 1. The predicted octanol–water partition coefficient (Wildman–Crippen LogP) is 1.90. The van der Waals surface area contributed by atoms with Crippen molar-refractivity contribution in [2.24, 2.45) is 0 Å². The summed E-state index contributed by atoms with van der Waals surface area (Å²) in [4.78, 5) is 0. The summed E-state index contributed by atoms with van der Waals surface area (Å²) >= 11 is 5.88.